The molecule has 0 saturated heterocycles. The number of nitrogens with zero attached hydrogens (tertiary/aromatic N) is 3. The van der Waals surface area contributed by atoms with Crippen molar-refractivity contribution in [2.45, 2.75) is 19.4 Å². The summed E-state index contributed by atoms with van der Waals surface area (Å²) in [7, 11) is 1.90. The van der Waals surface area contributed by atoms with Crippen LogP contribution in [0.3, 0.4) is 0 Å². The molecule has 1 unspecified atom stereocenters. The molecule has 0 aliphatic carbocycles. The molecule has 2 heterocycles. The first-order chi connectivity index (χ1) is 10.3. The second-order valence-electron chi connectivity index (χ2n) is 4.81. The Labute approximate surface area is 134 Å². The molecule has 0 amide bonds. The van der Waals surface area contributed by atoms with Crippen LogP contribution in [0.1, 0.15) is 12.7 Å². The van der Waals surface area contributed by atoms with Gasteiger partial charge in [0.05, 0.1) is 0 Å². The predicted molar refractivity (Wildman–Crippen MR) is 84.7 cm³/mol. The number of likely N-dealkylation sites (N-methyl/N-ethyl adjacent to an activating group) is 1. The summed E-state index contributed by atoms with van der Waals surface area (Å²) in [4.78, 5) is 8.72. The molecule has 3 rings (SSSR count). The van der Waals surface area contributed by atoms with Gasteiger partial charge < -0.3 is 14.3 Å². The number of benzene rings is 1. The molecule has 2 aromatic heterocycles. The minimum absolute atomic E-state index is 0. The quantitative estimate of drug-likeness (QED) is 0.778. The van der Waals surface area contributed by atoms with Crippen molar-refractivity contribution in [1.29, 1.82) is 0 Å². The molecule has 3 aromatic rings. The molecule has 116 valence electrons. The molecule has 1 N–H and O–H groups in total. The molecule has 0 aliphatic rings. The van der Waals surface area contributed by atoms with Gasteiger partial charge in [0.15, 0.2) is 11.5 Å². The van der Waals surface area contributed by atoms with Crippen LogP contribution in [-0.2, 0) is 6.42 Å². The van der Waals surface area contributed by atoms with Crippen molar-refractivity contribution in [1.82, 2.24) is 20.4 Å². The average molecular weight is 321 g/mol. The van der Waals surface area contributed by atoms with E-state index in [1.54, 1.807) is 0 Å². The minimum atomic E-state index is 0. The van der Waals surface area contributed by atoms with Gasteiger partial charge in [-0.3, -0.25) is 0 Å². The van der Waals surface area contributed by atoms with Gasteiger partial charge in [0.2, 0.25) is 5.89 Å². The monoisotopic (exact) mass is 320 g/mol. The highest BCUT2D eigenvalue weighted by atomic mass is 35.5. The van der Waals surface area contributed by atoms with Crippen LogP contribution in [0.25, 0.3) is 23.0 Å². The number of hydrogen-bond donors (Lipinski definition) is 1. The highest BCUT2D eigenvalue weighted by molar-refractivity contribution is 5.85. The molecule has 1 aromatic carbocycles. The summed E-state index contributed by atoms with van der Waals surface area (Å²) in [5.74, 6) is 1.56. The smallest absolute Gasteiger partial charge is 0.279 e. The summed E-state index contributed by atoms with van der Waals surface area (Å²) in [5, 5.41) is 7.09. The van der Waals surface area contributed by atoms with Crippen molar-refractivity contribution in [2.75, 3.05) is 7.05 Å². The van der Waals surface area contributed by atoms with Crippen LogP contribution in [0, 0.1) is 0 Å². The van der Waals surface area contributed by atoms with Crippen molar-refractivity contribution in [3.05, 3.63) is 42.4 Å². The van der Waals surface area contributed by atoms with Crippen LogP contribution < -0.4 is 5.32 Å². The lowest BCUT2D eigenvalue weighted by Gasteiger charge is -2.04. The largest absolute Gasteiger partial charge is 0.444 e. The summed E-state index contributed by atoms with van der Waals surface area (Å²) in [6.45, 7) is 2.06. The molecule has 22 heavy (non-hydrogen) atoms. The van der Waals surface area contributed by atoms with E-state index in [1.165, 1.54) is 6.26 Å². The third kappa shape index (κ3) is 3.52. The molecule has 7 heteroatoms. The van der Waals surface area contributed by atoms with E-state index in [0.29, 0.717) is 29.7 Å². The normalized spacial score (nSPS) is 11.9. The molecular formula is C15H17ClN4O2. The maximum absolute atomic E-state index is 5.47. The van der Waals surface area contributed by atoms with Gasteiger partial charge in [-0.05, 0) is 26.1 Å². The fourth-order valence-electron chi connectivity index (χ4n) is 1.90. The zero-order chi connectivity index (χ0) is 14.7. The summed E-state index contributed by atoms with van der Waals surface area (Å²) in [6.07, 6.45) is 2.23. The maximum atomic E-state index is 5.47. The topological polar surface area (TPSA) is 77.0 Å². The summed E-state index contributed by atoms with van der Waals surface area (Å²) < 4.78 is 10.7. The van der Waals surface area contributed by atoms with E-state index in [2.05, 4.69) is 27.4 Å². The van der Waals surface area contributed by atoms with Crippen molar-refractivity contribution < 1.29 is 8.94 Å². The highest BCUT2D eigenvalue weighted by Gasteiger charge is 2.15. The lowest BCUT2D eigenvalue weighted by molar-refractivity contribution is 0.417. The third-order valence-corrected chi connectivity index (χ3v) is 3.19. The average Bonchev–Trinajstić information content (AvgIpc) is 3.17. The van der Waals surface area contributed by atoms with Gasteiger partial charge in [0.1, 0.15) is 6.26 Å². The molecule has 0 fully saturated rings. The zero-order valence-electron chi connectivity index (χ0n) is 12.3. The van der Waals surface area contributed by atoms with Crippen molar-refractivity contribution in [3.8, 4) is 23.0 Å². The van der Waals surface area contributed by atoms with Crippen LogP contribution in [-0.4, -0.2) is 28.2 Å². The first-order valence-corrected chi connectivity index (χ1v) is 6.77. The Balaban J connectivity index is 0.00000176. The lowest BCUT2D eigenvalue weighted by Crippen LogP contribution is -2.24. The first-order valence-electron chi connectivity index (χ1n) is 6.77. The maximum Gasteiger partial charge on any atom is 0.279 e. The van der Waals surface area contributed by atoms with Crippen LogP contribution in [0.4, 0.5) is 0 Å². The Bertz CT molecular complexity index is 711. The van der Waals surface area contributed by atoms with E-state index in [0.717, 1.165) is 5.56 Å². The number of aromatic nitrogens is 3. The van der Waals surface area contributed by atoms with Gasteiger partial charge in [-0.15, -0.1) is 12.4 Å². The van der Waals surface area contributed by atoms with Gasteiger partial charge in [-0.25, -0.2) is 4.98 Å². The Morgan fingerprint density at radius 3 is 2.64 bits per heavy atom. The summed E-state index contributed by atoms with van der Waals surface area (Å²) in [6, 6.07) is 9.97. The van der Waals surface area contributed by atoms with Gasteiger partial charge in [0.25, 0.3) is 5.89 Å². The van der Waals surface area contributed by atoms with E-state index in [4.69, 9.17) is 8.94 Å². The van der Waals surface area contributed by atoms with Crippen LogP contribution in [0.15, 0.2) is 45.5 Å². The van der Waals surface area contributed by atoms with E-state index in [-0.39, 0.29) is 18.4 Å². The molecule has 1 atom stereocenters. The van der Waals surface area contributed by atoms with Crippen molar-refractivity contribution >= 4 is 12.4 Å². The standard InChI is InChI=1S/C15H16N4O2.ClH/c1-10(16-2)8-13-18-15(21-19-13)12-9-20-14(17-12)11-6-4-3-5-7-11;/h3-7,9-10,16H,8H2,1-2H3;1H. The molecule has 0 saturated carbocycles. The number of nitrogens with one attached hydrogen (secondary N) is 1. The van der Waals surface area contributed by atoms with Gasteiger partial charge >= 0.3 is 0 Å². The second-order valence-corrected chi connectivity index (χ2v) is 4.81. The number of halogens is 1. The fourth-order valence-corrected chi connectivity index (χ4v) is 1.90. The van der Waals surface area contributed by atoms with E-state index >= 15 is 0 Å². The van der Waals surface area contributed by atoms with E-state index in [1.807, 2.05) is 37.4 Å². The Hall–Kier alpha value is -2.18. The van der Waals surface area contributed by atoms with Crippen LogP contribution >= 0.6 is 12.4 Å². The first kappa shape index (κ1) is 16.2. The Kier molecular flexibility index (Phi) is 5.30. The number of rotatable bonds is 5. The van der Waals surface area contributed by atoms with Gasteiger partial charge in [-0.1, -0.05) is 23.4 Å². The third-order valence-electron chi connectivity index (χ3n) is 3.19. The van der Waals surface area contributed by atoms with Crippen LogP contribution in [0.2, 0.25) is 0 Å². The number of oxazole rings is 1. The van der Waals surface area contributed by atoms with E-state index in [9.17, 15) is 0 Å². The predicted octanol–water partition coefficient (Wildman–Crippen LogP) is 2.96. The highest BCUT2D eigenvalue weighted by Crippen LogP contribution is 2.23. The van der Waals surface area contributed by atoms with Gasteiger partial charge in [0, 0.05) is 18.0 Å². The molecule has 0 radical (unpaired) electrons. The SMILES string of the molecule is CNC(C)Cc1noc(-c2coc(-c3ccccc3)n2)n1.Cl. The molecular weight excluding hydrogens is 304 g/mol. The second kappa shape index (κ2) is 7.20. The molecule has 6 nitrogen and oxygen atoms in total. The minimum Gasteiger partial charge on any atom is -0.444 e. The Morgan fingerprint density at radius 2 is 1.91 bits per heavy atom. The van der Waals surface area contributed by atoms with Crippen LogP contribution in [0.5, 0.6) is 0 Å². The van der Waals surface area contributed by atoms with Crippen molar-refractivity contribution in [3.63, 3.8) is 0 Å². The molecule has 0 spiro atoms. The summed E-state index contributed by atoms with van der Waals surface area (Å²) in [5.41, 5.74) is 1.46. The fraction of sp³-hybridized carbons (Fsp3) is 0.267. The molecule has 0 aliphatic heterocycles. The summed E-state index contributed by atoms with van der Waals surface area (Å²) >= 11 is 0. The van der Waals surface area contributed by atoms with Crippen molar-refractivity contribution in [2.24, 2.45) is 0 Å². The molecule has 0 bridgehead atoms. The Morgan fingerprint density at radius 1 is 1.14 bits per heavy atom. The van der Waals surface area contributed by atoms with Gasteiger partial charge in [-0.2, -0.15) is 4.98 Å². The van der Waals surface area contributed by atoms with E-state index < -0.39 is 0 Å². The lowest BCUT2D eigenvalue weighted by atomic mass is 10.2. The zero-order valence-corrected chi connectivity index (χ0v) is 13.1. The number of hydrogen-bond acceptors (Lipinski definition) is 6.